The summed E-state index contributed by atoms with van der Waals surface area (Å²) in [7, 11) is 0. The Morgan fingerprint density at radius 1 is 1.20 bits per heavy atom. The van der Waals surface area contributed by atoms with E-state index >= 15 is 0 Å². The summed E-state index contributed by atoms with van der Waals surface area (Å²) in [5.41, 5.74) is 8.29. The molecule has 1 aromatic carbocycles. The van der Waals surface area contributed by atoms with E-state index in [1.54, 1.807) is 0 Å². The summed E-state index contributed by atoms with van der Waals surface area (Å²) in [6, 6.07) is 11.4. The molecule has 2 N–H and O–H groups in total. The molecule has 0 radical (unpaired) electrons. The summed E-state index contributed by atoms with van der Waals surface area (Å²) in [5, 5.41) is 0.719. The molecule has 2 heterocycles. The third-order valence-electron chi connectivity index (χ3n) is 3.01. The van der Waals surface area contributed by atoms with E-state index in [0.717, 1.165) is 27.7 Å². The number of nitrogens with two attached hydrogens (primary N) is 1. The molecular formula is C15H14ClN3O. The number of hydrogen-bond donors (Lipinski definition) is 1. The van der Waals surface area contributed by atoms with Crippen molar-refractivity contribution in [1.82, 2.24) is 9.38 Å². The van der Waals surface area contributed by atoms with E-state index in [1.807, 2.05) is 53.2 Å². The second kappa shape index (κ2) is 5.53. The van der Waals surface area contributed by atoms with Gasteiger partial charge in [-0.1, -0.05) is 23.7 Å². The monoisotopic (exact) mass is 287 g/mol. The third-order valence-corrected chi connectivity index (χ3v) is 3.27. The lowest BCUT2D eigenvalue weighted by molar-refractivity contribution is 0.308. The van der Waals surface area contributed by atoms with Gasteiger partial charge in [0.1, 0.15) is 6.61 Å². The summed E-state index contributed by atoms with van der Waals surface area (Å²) in [5.74, 6) is 0.738. The van der Waals surface area contributed by atoms with Crippen molar-refractivity contribution < 1.29 is 4.74 Å². The number of benzene rings is 1. The third kappa shape index (κ3) is 2.61. The lowest BCUT2D eigenvalue weighted by atomic mass is 10.2. The average Bonchev–Trinajstić information content (AvgIpc) is 2.90. The van der Waals surface area contributed by atoms with Crippen LogP contribution in [0, 0.1) is 0 Å². The van der Waals surface area contributed by atoms with E-state index in [0.29, 0.717) is 13.2 Å². The van der Waals surface area contributed by atoms with Crippen LogP contribution in [0.25, 0.3) is 5.65 Å². The Labute approximate surface area is 121 Å². The fourth-order valence-corrected chi connectivity index (χ4v) is 2.12. The predicted octanol–water partition coefficient (Wildman–Crippen LogP) is 3.03. The maximum Gasteiger partial charge on any atom is 0.179 e. The van der Waals surface area contributed by atoms with Gasteiger partial charge in [-0.3, -0.25) is 0 Å². The number of pyridine rings is 1. The summed E-state index contributed by atoms with van der Waals surface area (Å²) in [6.45, 7) is 0.889. The standard InChI is InChI=1S/C15H14ClN3O/c16-12-5-3-11(4-6-12)10-20-14-2-1-7-19-9-13(8-17)18-15(14)19/h1-7,9H,8,10,17H2. The van der Waals surface area contributed by atoms with E-state index in [9.17, 15) is 0 Å². The van der Waals surface area contributed by atoms with Gasteiger partial charge in [0, 0.05) is 24.0 Å². The van der Waals surface area contributed by atoms with E-state index < -0.39 is 0 Å². The Bertz CT molecular complexity index is 722. The lowest BCUT2D eigenvalue weighted by Gasteiger charge is -2.07. The van der Waals surface area contributed by atoms with Gasteiger partial charge in [0.05, 0.1) is 5.69 Å². The molecule has 4 nitrogen and oxygen atoms in total. The Morgan fingerprint density at radius 3 is 2.75 bits per heavy atom. The second-order valence-corrected chi connectivity index (χ2v) is 4.89. The van der Waals surface area contributed by atoms with Gasteiger partial charge in [0.25, 0.3) is 0 Å². The first kappa shape index (κ1) is 13.0. The lowest BCUT2D eigenvalue weighted by Crippen LogP contribution is -1.97. The molecule has 0 unspecified atom stereocenters. The highest BCUT2D eigenvalue weighted by molar-refractivity contribution is 6.30. The van der Waals surface area contributed by atoms with Gasteiger partial charge in [0.2, 0.25) is 0 Å². The summed E-state index contributed by atoms with van der Waals surface area (Å²) < 4.78 is 7.75. The van der Waals surface area contributed by atoms with Crippen molar-refractivity contribution in [2.45, 2.75) is 13.2 Å². The molecule has 102 valence electrons. The molecule has 0 atom stereocenters. The van der Waals surface area contributed by atoms with Gasteiger partial charge in [-0.05, 0) is 29.8 Å². The first-order chi connectivity index (χ1) is 9.76. The van der Waals surface area contributed by atoms with E-state index in [1.165, 1.54) is 0 Å². The molecule has 0 amide bonds. The number of ether oxygens (including phenoxy) is 1. The minimum absolute atomic E-state index is 0.415. The zero-order valence-electron chi connectivity index (χ0n) is 10.8. The first-order valence-electron chi connectivity index (χ1n) is 6.30. The molecule has 0 aliphatic heterocycles. The molecule has 2 aromatic heterocycles. The topological polar surface area (TPSA) is 52.5 Å². The molecule has 0 spiro atoms. The van der Waals surface area contributed by atoms with Gasteiger partial charge in [-0.25, -0.2) is 4.98 Å². The van der Waals surface area contributed by atoms with Crippen LogP contribution < -0.4 is 10.5 Å². The van der Waals surface area contributed by atoms with Crippen molar-refractivity contribution in [3.05, 3.63) is 65.1 Å². The highest BCUT2D eigenvalue weighted by Gasteiger charge is 2.06. The van der Waals surface area contributed by atoms with Crippen molar-refractivity contribution in [2.24, 2.45) is 5.73 Å². The van der Waals surface area contributed by atoms with Gasteiger partial charge < -0.3 is 14.9 Å². The van der Waals surface area contributed by atoms with E-state index in [4.69, 9.17) is 22.1 Å². The largest absolute Gasteiger partial charge is 0.485 e. The number of rotatable bonds is 4. The summed E-state index contributed by atoms with van der Waals surface area (Å²) in [4.78, 5) is 4.45. The van der Waals surface area contributed by atoms with Crippen LogP contribution in [0.1, 0.15) is 11.3 Å². The number of aromatic nitrogens is 2. The Hall–Kier alpha value is -2.04. The highest BCUT2D eigenvalue weighted by Crippen LogP contribution is 2.20. The zero-order valence-corrected chi connectivity index (χ0v) is 11.5. The molecule has 0 bridgehead atoms. The molecule has 0 saturated heterocycles. The van der Waals surface area contributed by atoms with Crippen molar-refractivity contribution in [3.63, 3.8) is 0 Å². The zero-order chi connectivity index (χ0) is 13.9. The van der Waals surface area contributed by atoms with E-state index in [-0.39, 0.29) is 0 Å². The fraction of sp³-hybridized carbons (Fsp3) is 0.133. The van der Waals surface area contributed by atoms with Crippen LogP contribution in [0.2, 0.25) is 5.02 Å². The van der Waals surface area contributed by atoms with Crippen LogP contribution in [0.3, 0.4) is 0 Å². The van der Waals surface area contributed by atoms with Gasteiger partial charge in [0.15, 0.2) is 11.4 Å². The van der Waals surface area contributed by atoms with Crippen molar-refractivity contribution in [1.29, 1.82) is 0 Å². The van der Waals surface area contributed by atoms with Crippen molar-refractivity contribution in [2.75, 3.05) is 0 Å². The first-order valence-corrected chi connectivity index (χ1v) is 6.68. The number of hydrogen-bond acceptors (Lipinski definition) is 3. The van der Waals surface area contributed by atoms with Crippen molar-refractivity contribution in [3.8, 4) is 5.75 Å². The van der Waals surface area contributed by atoms with Crippen LogP contribution in [-0.4, -0.2) is 9.38 Å². The number of fused-ring (bicyclic) bond motifs is 1. The van der Waals surface area contributed by atoms with Gasteiger partial charge in [-0.2, -0.15) is 0 Å². The summed E-state index contributed by atoms with van der Waals surface area (Å²) >= 11 is 5.86. The number of halogens is 1. The smallest absolute Gasteiger partial charge is 0.179 e. The molecule has 5 heteroatoms. The SMILES string of the molecule is NCc1cn2cccc(OCc3ccc(Cl)cc3)c2n1. The van der Waals surface area contributed by atoms with E-state index in [2.05, 4.69) is 4.98 Å². The maximum absolute atomic E-state index is 5.86. The van der Waals surface area contributed by atoms with Crippen molar-refractivity contribution >= 4 is 17.2 Å². The fourth-order valence-electron chi connectivity index (χ4n) is 1.99. The number of imidazole rings is 1. The molecule has 0 saturated carbocycles. The Kier molecular flexibility index (Phi) is 3.58. The maximum atomic E-state index is 5.86. The van der Waals surface area contributed by atoms with Gasteiger partial charge in [-0.15, -0.1) is 0 Å². The normalized spacial score (nSPS) is 10.9. The van der Waals surface area contributed by atoms with Crippen LogP contribution in [0.15, 0.2) is 48.8 Å². The molecular weight excluding hydrogens is 274 g/mol. The van der Waals surface area contributed by atoms with Crippen LogP contribution in [0.4, 0.5) is 0 Å². The molecule has 0 fully saturated rings. The van der Waals surface area contributed by atoms with Crippen LogP contribution in [0.5, 0.6) is 5.75 Å². The van der Waals surface area contributed by atoms with Crippen LogP contribution >= 0.6 is 11.6 Å². The minimum Gasteiger partial charge on any atom is -0.485 e. The number of nitrogens with zero attached hydrogens (tertiary/aromatic N) is 2. The van der Waals surface area contributed by atoms with Gasteiger partial charge >= 0.3 is 0 Å². The second-order valence-electron chi connectivity index (χ2n) is 4.45. The summed E-state index contributed by atoms with van der Waals surface area (Å²) in [6.07, 6.45) is 3.83. The van der Waals surface area contributed by atoms with Crippen LogP contribution in [-0.2, 0) is 13.2 Å². The molecule has 0 aliphatic rings. The Morgan fingerprint density at radius 2 is 2.00 bits per heavy atom. The minimum atomic E-state index is 0.415. The molecule has 3 aromatic rings. The molecule has 20 heavy (non-hydrogen) atoms. The molecule has 0 aliphatic carbocycles. The predicted molar refractivity (Wildman–Crippen MR) is 78.9 cm³/mol. The Balaban J connectivity index is 1.83. The molecule has 3 rings (SSSR count). The quantitative estimate of drug-likeness (QED) is 0.802. The average molecular weight is 288 g/mol. The highest BCUT2D eigenvalue weighted by atomic mass is 35.5.